The van der Waals surface area contributed by atoms with Crippen LogP contribution in [0.15, 0.2) is 18.2 Å². The molecule has 8 heteroatoms. The molecule has 8 nitrogen and oxygen atoms in total. The zero-order valence-corrected chi connectivity index (χ0v) is 15.9. The molecule has 2 aliphatic heterocycles. The topological polar surface area (TPSA) is 88.2 Å². The molecule has 4 amide bonds. The molecule has 2 aliphatic rings. The first-order chi connectivity index (χ1) is 12.9. The number of rotatable bonds is 6. The molecule has 0 bridgehead atoms. The summed E-state index contributed by atoms with van der Waals surface area (Å²) >= 11 is 0. The quantitative estimate of drug-likeness (QED) is 0.820. The first-order valence-electron chi connectivity index (χ1n) is 9.21. The fourth-order valence-corrected chi connectivity index (χ4v) is 3.19. The van der Waals surface area contributed by atoms with E-state index in [1.165, 1.54) is 0 Å². The third kappa shape index (κ3) is 3.84. The number of benzene rings is 1. The van der Waals surface area contributed by atoms with Crippen LogP contribution in [0, 0.1) is 0 Å². The first-order valence-corrected chi connectivity index (χ1v) is 9.21. The maximum Gasteiger partial charge on any atom is 0.327 e. The van der Waals surface area contributed by atoms with Crippen molar-refractivity contribution in [2.45, 2.75) is 52.2 Å². The molecule has 1 aromatic rings. The largest absolute Gasteiger partial charge is 0.454 e. The summed E-state index contributed by atoms with van der Waals surface area (Å²) in [5.74, 6) is 0.624. The van der Waals surface area contributed by atoms with Gasteiger partial charge in [0.2, 0.25) is 18.6 Å². The Morgan fingerprint density at radius 3 is 2.70 bits per heavy atom. The van der Waals surface area contributed by atoms with Gasteiger partial charge in [-0.15, -0.1) is 0 Å². The van der Waals surface area contributed by atoms with E-state index in [1.54, 1.807) is 24.0 Å². The molecule has 0 aliphatic carbocycles. The predicted octanol–water partition coefficient (Wildman–Crippen LogP) is 1.87. The summed E-state index contributed by atoms with van der Waals surface area (Å²) in [6, 6.07) is 4.18. The Morgan fingerprint density at radius 2 is 1.96 bits per heavy atom. The smallest absolute Gasteiger partial charge is 0.327 e. The summed E-state index contributed by atoms with van der Waals surface area (Å²) in [4.78, 5) is 40.3. The molecule has 0 radical (unpaired) electrons. The number of carbonyl (C=O) groups is 3. The Kier molecular flexibility index (Phi) is 5.53. The van der Waals surface area contributed by atoms with E-state index < -0.39 is 12.1 Å². The molecule has 2 unspecified atom stereocenters. The third-order valence-corrected chi connectivity index (χ3v) is 5.08. The van der Waals surface area contributed by atoms with E-state index in [0.717, 1.165) is 16.9 Å². The van der Waals surface area contributed by atoms with Gasteiger partial charge in [0, 0.05) is 25.6 Å². The lowest BCUT2D eigenvalue weighted by Gasteiger charge is -2.39. The molecule has 0 saturated carbocycles. The Balaban J connectivity index is 1.63. The maximum atomic E-state index is 12.7. The van der Waals surface area contributed by atoms with Gasteiger partial charge in [-0.25, -0.2) is 4.79 Å². The van der Waals surface area contributed by atoms with E-state index >= 15 is 0 Å². The van der Waals surface area contributed by atoms with E-state index in [-0.39, 0.29) is 37.6 Å². The van der Waals surface area contributed by atoms with E-state index in [4.69, 9.17) is 9.47 Å². The lowest BCUT2D eigenvalue weighted by Crippen LogP contribution is -2.60. The van der Waals surface area contributed by atoms with Crippen molar-refractivity contribution < 1.29 is 23.9 Å². The van der Waals surface area contributed by atoms with Crippen LogP contribution in [0.4, 0.5) is 4.79 Å². The zero-order valence-electron chi connectivity index (χ0n) is 15.9. The second-order valence-corrected chi connectivity index (χ2v) is 6.83. The second kappa shape index (κ2) is 7.85. The first kappa shape index (κ1) is 19.0. The monoisotopic (exact) mass is 375 g/mol. The van der Waals surface area contributed by atoms with Gasteiger partial charge >= 0.3 is 6.03 Å². The van der Waals surface area contributed by atoms with Gasteiger partial charge in [0.25, 0.3) is 0 Å². The van der Waals surface area contributed by atoms with Gasteiger partial charge in [-0.1, -0.05) is 13.0 Å². The Morgan fingerprint density at radius 1 is 1.22 bits per heavy atom. The van der Waals surface area contributed by atoms with Gasteiger partial charge in [-0.3, -0.25) is 14.5 Å². The summed E-state index contributed by atoms with van der Waals surface area (Å²) in [6.45, 7) is 6.36. The SMILES string of the molecule is CCC(C)N1CCC(=O)N(C(C)C(=O)NCc2ccc3c(c2)OCO3)C1=O. The Bertz CT molecular complexity index is 751. The van der Waals surface area contributed by atoms with E-state index in [9.17, 15) is 14.4 Å². The average molecular weight is 375 g/mol. The number of hydrogen-bond donors (Lipinski definition) is 1. The van der Waals surface area contributed by atoms with Crippen LogP contribution in [-0.2, 0) is 16.1 Å². The number of amides is 4. The van der Waals surface area contributed by atoms with Crippen molar-refractivity contribution in [3.63, 3.8) is 0 Å². The van der Waals surface area contributed by atoms with Crippen molar-refractivity contribution in [3.8, 4) is 11.5 Å². The highest BCUT2D eigenvalue weighted by Gasteiger charge is 2.39. The van der Waals surface area contributed by atoms with Gasteiger partial charge < -0.3 is 19.7 Å². The van der Waals surface area contributed by atoms with Crippen LogP contribution in [0.1, 0.15) is 39.2 Å². The number of hydrogen-bond acceptors (Lipinski definition) is 5. The van der Waals surface area contributed by atoms with Crippen molar-refractivity contribution in [3.05, 3.63) is 23.8 Å². The number of urea groups is 1. The molecule has 0 aromatic heterocycles. The Labute approximate surface area is 158 Å². The fraction of sp³-hybridized carbons (Fsp3) is 0.526. The third-order valence-electron chi connectivity index (χ3n) is 5.08. The minimum absolute atomic E-state index is 0.0250. The molecule has 1 aromatic carbocycles. The summed E-state index contributed by atoms with van der Waals surface area (Å²) in [6.07, 6.45) is 1.02. The zero-order chi connectivity index (χ0) is 19.6. The van der Waals surface area contributed by atoms with E-state index in [0.29, 0.717) is 18.0 Å². The highest BCUT2D eigenvalue weighted by atomic mass is 16.7. The summed E-state index contributed by atoms with van der Waals surface area (Å²) in [5, 5.41) is 2.79. The van der Waals surface area contributed by atoms with E-state index in [1.807, 2.05) is 19.9 Å². The van der Waals surface area contributed by atoms with E-state index in [2.05, 4.69) is 5.32 Å². The van der Waals surface area contributed by atoms with Gasteiger partial charge in [0.05, 0.1) is 0 Å². The summed E-state index contributed by atoms with van der Waals surface area (Å²) in [7, 11) is 0. The number of ether oxygens (including phenoxy) is 2. The van der Waals surface area contributed by atoms with Crippen LogP contribution < -0.4 is 14.8 Å². The van der Waals surface area contributed by atoms with Crippen molar-refractivity contribution in [1.82, 2.24) is 15.1 Å². The molecule has 3 rings (SSSR count). The number of fused-ring (bicyclic) bond motifs is 1. The molecule has 2 heterocycles. The standard InChI is InChI=1S/C19H25N3O5/c1-4-12(2)21-8-7-17(23)22(19(21)25)13(3)18(24)20-10-14-5-6-15-16(9-14)27-11-26-15/h5-6,9,12-13H,4,7-8,10-11H2,1-3H3,(H,20,24). The summed E-state index contributed by atoms with van der Waals surface area (Å²) < 4.78 is 10.6. The molecule has 1 N–H and O–H groups in total. The Hall–Kier alpha value is -2.77. The highest BCUT2D eigenvalue weighted by Crippen LogP contribution is 2.32. The number of imide groups is 1. The lowest BCUT2D eigenvalue weighted by molar-refractivity contribution is -0.139. The van der Waals surface area contributed by atoms with Gasteiger partial charge in [-0.2, -0.15) is 0 Å². The maximum absolute atomic E-state index is 12.7. The lowest BCUT2D eigenvalue weighted by atomic mass is 10.1. The number of nitrogens with one attached hydrogen (secondary N) is 1. The van der Waals surface area contributed by atoms with Gasteiger partial charge in [0.1, 0.15) is 6.04 Å². The molecule has 1 fully saturated rings. The fourth-order valence-electron chi connectivity index (χ4n) is 3.19. The summed E-state index contributed by atoms with van der Waals surface area (Å²) in [5.41, 5.74) is 0.845. The number of carbonyl (C=O) groups excluding carboxylic acids is 3. The predicted molar refractivity (Wildman–Crippen MR) is 97.2 cm³/mol. The van der Waals surface area contributed by atoms with Crippen LogP contribution in [0.5, 0.6) is 11.5 Å². The van der Waals surface area contributed by atoms with Crippen LogP contribution in [0.3, 0.4) is 0 Å². The van der Waals surface area contributed by atoms with Crippen LogP contribution in [0.2, 0.25) is 0 Å². The van der Waals surface area contributed by atoms with Crippen LogP contribution in [0.25, 0.3) is 0 Å². The molecule has 1 saturated heterocycles. The van der Waals surface area contributed by atoms with Crippen molar-refractivity contribution in [1.29, 1.82) is 0 Å². The molecular formula is C19H25N3O5. The molecule has 27 heavy (non-hydrogen) atoms. The molecule has 146 valence electrons. The van der Waals surface area contributed by atoms with Gasteiger partial charge in [0.15, 0.2) is 11.5 Å². The average Bonchev–Trinajstić information content (AvgIpc) is 3.13. The minimum atomic E-state index is -0.870. The molecular weight excluding hydrogens is 350 g/mol. The highest BCUT2D eigenvalue weighted by molar-refractivity contribution is 6.01. The van der Waals surface area contributed by atoms with Crippen molar-refractivity contribution in [2.24, 2.45) is 0 Å². The van der Waals surface area contributed by atoms with Crippen LogP contribution in [-0.4, -0.2) is 53.1 Å². The van der Waals surface area contributed by atoms with Crippen molar-refractivity contribution in [2.75, 3.05) is 13.3 Å². The normalized spacial score (nSPS) is 18.5. The number of nitrogens with zero attached hydrogens (tertiary/aromatic N) is 2. The molecule has 2 atom stereocenters. The second-order valence-electron chi connectivity index (χ2n) is 6.83. The molecule has 0 spiro atoms. The van der Waals surface area contributed by atoms with Crippen molar-refractivity contribution >= 4 is 17.8 Å². The van der Waals surface area contributed by atoms with Gasteiger partial charge in [-0.05, 0) is 38.0 Å². The van der Waals surface area contributed by atoms with Crippen LogP contribution >= 0.6 is 0 Å². The minimum Gasteiger partial charge on any atom is -0.454 e.